The molecule has 0 unspecified atom stereocenters. The average molecular weight is 387 g/mol. The van der Waals surface area contributed by atoms with Crippen molar-refractivity contribution in [2.75, 3.05) is 13.1 Å². The summed E-state index contributed by atoms with van der Waals surface area (Å²) in [6, 6.07) is 10.2. The van der Waals surface area contributed by atoms with Crippen LogP contribution in [-0.2, 0) is 0 Å². The summed E-state index contributed by atoms with van der Waals surface area (Å²) in [4.78, 5) is 24.2. The molecule has 0 aromatic heterocycles. The second kappa shape index (κ2) is 10.2. The van der Waals surface area contributed by atoms with E-state index in [9.17, 15) is 24.9 Å². The molecule has 8 nitrogen and oxygen atoms in total. The topological polar surface area (TPSA) is 145 Å². The summed E-state index contributed by atoms with van der Waals surface area (Å²) >= 11 is 0. The Labute approximate surface area is 163 Å². The van der Waals surface area contributed by atoms with Gasteiger partial charge in [-0.3, -0.25) is 9.59 Å². The Morgan fingerprint density at radius 1 is 0.893 bits per heavy atom. The van der Waals surface area contributed by atoms with E-state index in [2.05, 4.69) is 10.6 Å². The number of phenols is 3. The molecule has 150 valence electrons. The summed E-state index contributed by atoms with van der Waals surface area (Å²) in [5.74, 6) is -1.75. The number of benzene rings is 2. The van der Waals surface area contributed by atoms with Crippen LogP contribution in [0.5, 0.6) is 17.2 Å². The predicted octanol–water partition coefficient (Wildman–Crippen LogP) is 1.46. The van der Waals surface area contributed by atoms with Crippen LogP contribution < -0.4 is 16.4 Å². The van der Waals surface area contributed by atoms with E-state index in [1.807, 2.05) is 0 Å². The molecule has 0 saturated heterocycles. The second-order valence-electron chi connectivity index (χ2n) is 6.35. The van der Waals surface area contributed by atoms with Gasteiger partial charge in [-0.1, -0.05) is 18.2 Å². The van der Waals surface area contributed by atoms with Gasteiger partial charge in [0.1, 0.15) is 5.75 Å². The Bertz CT molecular complexity index is 825. The zero-order chi connectivity index (χ0) is 20.5. The molecule has 2 amide bonds. The molecule has 0 fully saturated rings. The highest BCUT2D eigenvalue weighted by Gasteiger charge is 2.16. The third-order valence-corrected chi connectivity index (χ3v) is 4.29. The fraction of sp³-hybridized carbons (Fsp3) is 0.300. The van der Waals surface area contributed by atoms with Crippen LogP contribution in [0.1, 0.15) is 40.0 Å². The summed E-state index contributed by atoms with van der Waals surface area (Å²) < 4.78 is 0. The van der Waals surface area contributed by atoms with E-state index in [4.69, 9.17) is 5.73 Å². The van der Waals surface area contributed by atoms with Gasteiger partial charge >= 0.3 is 0 Å². The van der Waals surface area contributed by atoms with Crippen LogP contribution in [0, 0.1) is 0 Å². The second-order valence-corrected chi connectivity index (χ2v) is 6.35. The number of amides is 2. The molecule has 7 N–H and O–H groups in total. The van der Waals surface area contributed by atoms with Gasteiger partial charge in [0, 0.05) is 19.1 Å². The van der Waals surface area contributed by atoms with Crippen molar-refractivity contribution in [3.63, 3.8) is 0 Å². The Kier molecular flexibility index (Phi) is 7.65. The predicted molar refractivity (Wildman–Crippen MR) is 104 cm³/mol. The standard InChI is InChI=1S/C20H25N3O5/c21-12-13(23-20(28)14-7-1-2-9-16(14)24)6-3-4-11-22-19(27)15-8-5-10-17(25)18(15)26/h1-2,5,7-10,13,24-26H,3-4,6,11-12,21H2,(H,22,27)(H,23,28)/t13-/m0/s1. The van der Waals surface area contributed by atoms with Crippen molar-refractivity contribution >= 4 is 11.8 Å². The highest BCUT2D eigenvalue weighted by Crippen LogP contribution is 2.27. The maximum absolute atomic E-state index is 12.2. The first-order valence-corrected chi connectivity index (χ1v) is 9.02. The number of hydrogen-bond acceptors (Lipinski definition) is 6. The van der Waals surface area contributed by atoms with Crippen LogP contribution >= 0.6 is 0 Å². The summed E-state index contributed by atoms with van der Waals surface area (Å²) in [6.45, 7) is 0.626. The molecule has 0 aliphatic rings. The zero-order valence-electron chi connectivity index (χ0n) is 15.4. The zero-order valence-corrected chi connectivity index (χ0v) is 15.4. The molecule has 2 aromatic rings. The van der Waals surface area contributed by atoms with Crippen LogP contribution in [-0.4, -0.2) is 46.3 Å². The summed E-state index contributed by atoms with van der Waals surface area (Å²) in [7, 11) is 0. The quantitative estimate of drug-likeness (QED) is 0.284. The van der Waals surface area contributed by atoms with Gasteiger partial charge < -0.3 is 31.7 Å². The van der Waals surface area contributed by atoms with Gasteiger partial charge in [0.25, 0.3) is 11.8 Å². The number of carbonyl (C=O) groups is 2. The maximum Gasteiger partial charge on any atom is 0.255 e. The summed E-state index contributed by atoms with van der Waals surface area (Å²) in [5, 5.41) is 34.3. The summed E-state index contributed by atoms with van der Waals surface area (Å²) in [6.07, 6.45) is 1.96. The van der Waals surface area contributed by atoms with E-state index in [1.54, 1.807) is 12.1 Å². The molecule has 1 atom stereocenters. The maximum atomic E-state index is 12.2. The number of unbranched alkanes of at least 4 members (excludes halogenated alkanes) is 1. The van der Waals surface area contributed by atoms with E-state index >= 15 is 0 Å². The molecule has 8 heteroatoms. The smallest absolute Gasteiger partial charge is 0.255 e. The molecule has 0 spiro atoms. The number of phenolic OH excluding ortho intramolecular Hbond substituents is 3. The Balaban J connectivity index is 1.74. The lowest BCUT2D eigenvalue weighted by Gasteiger charge is -2.17. The van der Waals surface area contributed by atoms with Gasteiger partial charge in [-0.15, -0.1) is 0 Å². The van der Waals surface area contributed by atoms with Crippen molar-refractivity contribution in [2.45, 2.75) is 25.3 Å². The summed E-state index contributed by atoms with van der Waals surface area (Å²) in [5.41, 5.74) is 5.91. The lowest BCUT2D eigenvalue weighted by atomic mass is 10.1. The lowest BCUT2D eigenvalue weighted by molar-refractivity contribution is 0.0932. The van der Waals surface area contributed by atoms with Crippen molar-refractivity contribution in [2.24, 2.45) is 5.73 Å². The highest BCUT2D eigenvalue weighted by molar-refractivity contribution is 5.97. The number of aromatic hydroxyl groups is 3. The molecule has 0 aliphatic heterocycles. The van der Waals surface area contributed by atoms with E-state index in [-0.39, 0.29) is 41.1 Å². The number of nitrogens with one attached hydrogen (secondary N) is 2. The van der Waals surface area contributed by atoms with Crippen LogP contribution in [0.4, 0.5) is 0 Å². The first-order valence-electron chi connectivity index (χ1n) is 9.02. The number of carbonyl (C=O) groups excluding carboxylic acids is 2. The minimum absolute atomic E-state index is 0.00904. The molecule has 0 aliphatic carbocycles. The largest absolute Gasteiger partial charge is 0.507 e. The van der Waals surface area contributed by atoms with Crippen molar-refractivity contribution in [3.8, 4) is 17.2 Å². The molecule has 0 saturated carbocycles. The SMILES string of the molecule is NC[C@H](CCCCNC(=O)c1cccc(O)c1O)NC(=O)c1ccccc1O. The molecular weight excluding hydrogens is 362 g/mol. The van der Waals surface area contributed by atoms with Crippen LogP contribution in [0.15, 0.2) is 42.5 Å². The highest BCUT2D eigenvalue weighted by atomic mass is 16.3. The van der Waals surface area contributed by atoms with Gasteiger partial charge in [0.05, 0.1) is 11.1 Å². The Morgan fingerprint density at radius 3 is 2.29 bits per heavy atom. The molecule has 0 radical (unpaired) electrons. The third-order valence-electron chi connectivity index (χ3n) is 4.29. The monoisotopic (exact) mass is 387 g/mol. The van der Waals surface area contributed by atoms with Gasteiger partial charge in [-0.2, -0.15) is 0 Å². The fourth-order valence-corrected chi connectivity index (χ4v) is 2.71. The number of nitrogens with two attached hydrogens (primary N) is 1. The van der Waals surface area contributed by atoms with Crippen molar-refractivity contribution in [1.82, 2.24) is 10.6 Å². The van der Waals surface area contributed by atoms with E-state index in [1.165, 1.54) is 30.3 Å². The molecular formula is C20H25N3O5. The number of rotatable bonds is 9. The first kappa shape index (κ1) is 21.0. The average Bonchev–Trinajstić information content (AvgIpc) is 2.68. The van der Waals surface area contributed by atoms with E-state index in [0.717, 1.165) is 0 Å². The van der Waals surface area contributed by atoms with Crippen LogP contribution in [0.3, 0.4) is 0 Å². The third kappa shape index (κ3) is 5.62. The molecule has 2 rings (SSSR count). The molecule has 0 heterocycles. The van der Waals surface area contributed by atoms with Crippen molar-refractivity contribution < 1.29 is 24.9 Å². The van der Waals surface area contributed by atoms with Crippen molar-refractivity contribution in [1.29, 1.82) is 0 Å². The van der Waals surface area contributed by atoms with Crippen LogP contribution in [0.2, 0.25) is 0 Å². The van der Waals surface area contributed by atoms with E-state index in [0.29, 0.717) is 25.8 Å². The van der Waals surface area contributed by atoms with Crippen LogP contribution in [0.25, 0.3) is 0 Å². The van der Waals surface area contributed by atoms with Gasteiger partial charge in [0.15, 0.2) is 11.5 Å². The van der Waals surface area contributed by atoms with Gasteiger partial charge in [-0.05, 0) is 43.5 Å². The number of para-hydroxylation sites is 2. The minimum Gasteiger partial charge on any atom is -0.507 e. The first-order chi connectivity index (χ1) is 13.4. The number of hydrogen-bond donors (Lipinski definition) is 6. The van der Waals surface area contributed by atoms with Gasteiger partial charge in [0.2, 0.25) is 0 Å². The Morgan fingerprint density at radius 2 is 1.57 bits per heavy atom. The fourth-order valence-electron chi connectivity index (χ4n) is 2.71. The Hall–Kier alpha value is -3.26. The minimum atomic E-state index is -0.475. The molecule has 0 bridgehead atoms. The van der Waals surface area contributed by atoms with Crippen molar-refractivity contribution in [3.05, 3.63) is 53.6 Å². The molecule has 28 heavy (non-hydrogen) atoms. The normalized spacial score (nSPS) is 11.6. The van der Waals surface area contributed by atoms with E-state index < -0.39 is 11.7 Å². The lowest BCUT2D eigenvalue weighted by Crippen LogP contribution is -2.40. The van der Waals surface area contributed by atoms with Gasteiger partial charge in [-0.25, -0.2) is 0 Å². The molecule has 2 aromatic carbocycles.